The lowest BCUT2D eigenvalue weighted by atomic mass is 10.2. The molecule has 9 heteroatoms. The molecule has 0 aliphatic rings. The van der Waals surface area contributed by atoms with Crippen LogP contribution in [0.25, 0.3) is 5.65 Å². The summed E-state index contributed by atoms with van der Waals surface area (Å²) >= 11 is 12.0. The monoisotopic (exact) mass is 446 g/mol. The molecule has 0 saturated heterocycles. The van der Waals surface area contributed by atoms with E-state index in [4.69, 9.17) is 23.2 Å². The Bertz CT molecular complexity index is 1180. The largest absolute Gasteiger partial charge is 0.329 e. The van der Waals surface area contributed by atoms with E-state index in [9.17, 15) is 14.4 Å². The van der Waals surface area contributed by atoms with Crippen LogP contribution in [0.15, 0.2) is 47.5 Å². The first-order chi connectivity index (χ1) is 14.3. The van der Waals surface area contributed by atoms with Gasteiger partial charge in [-0.25, -0.2) is 4.98 Å². The van der Waals surface area contributed by atoms with Gasteiger partial charge in [-0.15, -0.1) is 0 Å². The Balaban J connectivity index is 1.84. The number of carbonyl (C=O) groups is 2. The van der Waals surface area contributed by atoms with Crippen LogP contribution in [0.2, 0.25) is 10.0 Å². The van der Waals surface area contributed by atoms with Gasteiger partial charge in [-0.1, -0.05) is 30.1 Å². The number of aryl methyl sites for hydroxylation is 1. The molecule has 1 N–H and O–H groups in total. The topological polar surface area (TPSA) is 83.8 Å². The smallest absolute Gasteiger partial charge is 0.270 e. The van der Waals surface area contributed by atoms with Crippen molar-refractivity contribution in [2.45, 2.75) is 20.3 Å². The van der Waals surface area contributed by atoms with Crippen LogP contribution in [-0.2, 0) is 4.79 Å². The normalized spacial score (nSPS) is 10.8. The van der Waals surface area contributed by atoms with Crippen molar-refractivity contribution in [3.8, 4) is 0 Å². The fourth-order valence-corrected chi connectivity index (χ4v) is 3.31. The van der Waals surface area contributed by atoms with Crippen molar-refractivity contribution >= 4 is 46.4 Å². The van der Waals surface area contributed by atoms with Crippen LogP contribution in [0.5, 0.6) is 0 Å². The summed E-state index contributed by atoms with van der Waals surface area (Å²) in [5, 5.41) is 3.39. The number of aromatic nitrogens is 2. The maximum Gasteiger partial charge on any atom is 0.270 e. The molecule has 0 spiro atoms. The first-order valence-electron chi connectivity index (χ1n) is 9.32. The molecule has 0 aliphatic carbocycles. The molecular formula is C21H20Cl2N4O3. The third-order valence-electron chi connectivity index (χ3n) is 4.41. The molecule has 2 amide bonds. The molecule has 7 nitrogen and oxygen atoms in total. The maximum absolute atomic E-state index is 13.0. The highest BCUT2D eigenvalue weighted by Gasteiger charge is 2.22. The summed E-state index contributed by atoms with van der Waals surface area (Å²) in [6.45, 7) is 3.82. The molecule has 1 aromatic carbocycles. The molecule has 2 aromatic heterocycles. The molecule has 156 valence electrons. The van der Waals surface area contributed by atoms with Gasteiger partial charge in [0.05, 0.1) is 10.7 Å². The van der Waals surface area contributed by atoms with E-state index in [2.05, 4.69) is 10.3 Å². The minimum absolute atomic E-state index is 0.0987. The Hall–Kier alpha value is -2.90. The summed E-state index contributed by atoms with van der Waals surface area (Å²) in [6.07, 6.45) is 3.45. The SMILES string of the molecule is CCCN(CC(=O)Nc1cc(Cl)ccc1Cl)C(=O)c1cnc2cc(C)ccn2c1=O. The van der Waals surface area contributed by atoms with Gasteiger partial charge in [-0.05, 0) is 49.2 Å². The second-order valence-corrected chi connectivity index (χ2v) is 7.65. The number of carbonyl (C=O) groups excluding carboxylic acids is 2. The predicted molar refractivity (Wildman–Crippen MR) is 117 cm³/mol. The van der Waals surface area contributed by atoms with Gasteiger partial charge in [0.2, 0.25) is 5.91 Å². The number of hydrogen-bond acceptors (Lipinski definition) is 4. The van der Waals surface area contributed by atoms with Gasteiger partial charge in [-0.3, -0.25) is 18.8 Å². The number of anilines is 1. The van der Waals surface area contributed by atoms with Gasteiger partial charge >= 0.3 is 0 Å². The van der Waals surface area contributed by atoms with Gasteiger partial charge in [0.15, 0.2) is 0 Å². The molecular weight excluding hydrogens is 427 g/mol. The molecule has 0 radical (unpaired) electrons. The highest BCUT2D eigenvalue weighted by Crippen LogP contribution is 2.25. The van der Waals surface area contributed by atoms with E-state index in [-0.39, 0.29) is 12.1 Å². The third kappa shape index (κ3) is 4.80. The first kappa shape index (κ1) is 21.8. The van der Waals surface area contributed by atoms with Crippen LogP contribution >= 0.6 is 23.2 Å². The van der Waals surface area contributed by atoms with E-state index < -0.39 is 17.4 Å². The van der Waals surface area contributed by atoms with Crippen molar-refractivity contribution in [1.29, 1.82) is 0 Å². The average Bonchev–Trinajstić information content (AvgIpc) is 2.70. The molecule has 0 fully saturated rings. The van der Waals surface area contributed by atoms with E-state index in [1.807, 2.05) is 13.8 Å². The highest BCUT2D eigenvalue weighted by molar-refractivity contribution is 6.35. The van der Waals surface area contributed by atoms with Crippen molar-refractivity contribution in [2.24, 2.45) is 0 Å². The van der Waals surface area contributed by atoms with Crippen LogP contribution < -0.4 is 10.9 Å². The van der Waals surface area contributed by atoms with E-state index in [1.54, 1.807) is 30.5 Å². The lowest BCUT2D eigenvalue weighted by Crippen LogP contribution is -2.41. The average molecular weight is 447 g/mol. The van der Waals surface area contributed by atoms with Crippen LogP contribution in [0, 0.1) is 6.92 Å². The zero-order valence-electron chi connectivity index (χ0n) is 16.5. The molecule has 3 aromatic rings. The Labute approximate surface area is 183 Å². The summed E-state index contributed by atoms with van der Waals surface area (Å²) in [7, 11) is 0. The van der Waals surface area contributed by atoms with Crippen molar-refractivity contribution < 1.29 is 9.59 Å². The fraction of sp³-hybridized carbons (Fsp3) is 0.238. The first-order valence-corrected chi connectivity index (χ1v) is 10.1. The zero-order chi connectivity index (χ0) is 21.8. The van der Waals surface area contributed by atoms with Crippen LogP contribution in [-0.4, -0.2) is 39.2 Å². The third-order valence-corrected chi connectivity index (χ3v) is 4.98. The number of benzene rings is 1. The van der Waals surface area contributed by atoms with Crippen molar-refractivity contribution in [1.82, 2.24) is 14.3 Å². The summed E-state index contributed by atoms with van der Waals surface area (Å²) in [6, 6.07) is 8.21. The number of hydrogen-bond donors (Lipinski definition) is 1. The zero-order valence-corrected chi connectivity index (χ0v) is 18.0. The van der Waals surface area contributed by atoms with Gasteiger partial charge in [0.1, 0.15) is 17.8 Å². The molecule has 0 saturated carbocycles. The fourth-order valence-electron chi connectivity index (χ4n) is 2.97. The Morgan fingerprint density at radius 2 is 1.97 bits per heavy atom. The van der Waals surface area contributed by atoms with Crippen LogP contribution in [0.4, 0.5) is 5.69 Å². The minimum atomic E-state index is -0.559. The Morgan fingerprint density at radius 1 is 1.20 bits per heavy atom. The van der Waals surface area contributed by atoms with Gasteiger partial charge < -0.3 is 10.2 Å². The standard InChI is InChI=1S/C21H20Cl2N4O3/c1-3-7-26(12-19(28)25-17-10-14(22)4-5-16(17)23)20(29)15-11-24-18-9-13(2)6-8-27(18)21(15)30/h4-6,8-11H,3,7,12H2,1-2H3,(H,25,28). The molecule has 3 rings (SSSR count). The Kier molecular flexibility index (Phi) is 6.74. The van der Waals surface area contributed by atoms with E-state index in [0.29, 0.717) is 34.3 Å². The minimum Gasteiger partial charge on any atom is -0.329 e. The molecule has 30 heavy (non-hydrogen) atoms. The molecule has 0 unspecified atom stereocenters. The van der Waals surface area contributed by atoms with Crippen LogP contribution in [0.1, 0.15) is 29.3 Å². The van der Waals surface area contributed by atoms with Gasteiger partial charge in [-0.2, -0.15) is 0 Å². The summed E-state index contributed by atoms with van der Waals surface area (Å²) in [5.41, 5.74) is 1.17. The second kappa shape index (κ2) is 9.28. The number of rotatable bonds is 6. The van der Waals surface area contributed by atoms with Crippen molar-refractivity contribution in [3.05, 3.63) is 74.3 Å². The second-order valence-electron chi connectivity index (χ2n) is 6.81. The molecule has 2 heterocycles. The van der Waals surface area contributed by atoms with Crippen molar-refractivity contribution in [3.63, 3.8) is 0 Å². The van der Waals surface area contributed by atoms with E-state index >= 15 is 0 Å². The maximum atomic E-state index is 13.0. The van der Waals surface area contributed by atoms with Gasteiger partial charge in [0, 0.05) is 24.0 Å². The molecule has 0 atom stereocenters. The molecule has 0 aliphatic heterocycles. The lowest BCUT2D eigenvalue weighted by molar-refractivity contribution is -0.116. The Morgan fingerprint density at radius 3 is 2.70 bits per heavy atom. The number of nitrogens with one attached hydrogen (secondary N) is 1. The summed E-state index contributed by atoms with van der Waals surface area (Å²) in [4.78, 5) is 43.9. The summed E-state index contributed by atoms with van der Waals surface area (Å²) in [5.74, 6) is -1.01. The summed E-state index contributed by atoms with van der Waals surface area (Å²) < 4.78 is 1.32. The van der Waals surface area contributed by atoms with Gasteiger partial charge in [0.25, 0.3) is 11.5 Å². The highest BCUT2D eigenvalue weighted by atomic mass is 35.5. The quantitative estimate of drug-likeness (QED) is 0.623. The number of pyridine rings is 1. The number of fused-ring (bicyclic) bond motifs is 1. The van der Waals surface area contributed by atoms with Crippen molar-refractivity contribution in [2.75, 3.05) is 18.4 Å². The van der Waals surface area contributed by atoms with Crippen LogP contribution in [0.3, 0.4) is 0 Å². The predicted octanol–water partition coefficient (Wildman–Crippen LogP) is 3.80. The number of amides is 2. The molecule has 0 bridgehead atoms. The lowest BCUT2D eigenvalue weighted by Gasteiger charge is -2.21. The number of nitrogens with zero attached hydrogens (tertiary/aromatic N) is 3. The van der Waals surface area contributed by atoms with E-state index in [1.165, 1.54) is 21.6 Å². The number of halogens is 2. The van der Waals surface area contributed by atoms with E-state index in [0.717, 1.165) is 5.56 Å².